The molecule has 0 aromatic carbocycles. The molecule has 0 atom stereocenters. The van der Waals surface area contributed by atoms with E-state index in [1.54, 1.807) is 0 Å². The van der Waals surface area contributed by atoms with Crippen molar-refractivity contribution in [3.05, 3.63) is 0 Å². The number of aliphatic imine (C=N–C) groups is 1. The van der Waals surface area contributed by atoms with Crippen molar-refractivity contribution in [3.8, 4) is 0 Å². The monoisotopic (exact) mass is 484 g/mol. The molecule has 2 aliphatic rings. The third-order valence-electron chi connectivity index (χ3n) is 5.25. The van der Waals surface area contributed by atoms with Gasteiger partial charge in [0, 0.05) is 45.2 Å². The second-order valence-corrected chi connectivity index (χ2v) is 8.13. The van der Waals surface area contributed by atoms with E-state index in [1.165, 1.54) is 50.8 Å². The van der Waals surface area contributed by atoms with Gasteiger partial charge in [-0.05, 0) is 31.3 Å². The van der Waals surface area contributed by atoms with Crippen molar-refractivity contribution in [2.45, 2.75) is 38.5 Å². The molecular weight excluding hydrogens is 447 g/mol. The highest BCUT2D eigenvalue weighted by Gasteiger charge is 2.34. The molecular formula is C18H37IN4OS. The lowest BCUT2D eigenvalue weighted by molar-refractivity contribution is 0.00820. The Morgan fingerprint density at radius 3 is 2.52 bits per heavy atom. The number of guanidine groups is 1. The highest BCUT2D eigenvalue weighted by molar-refractivity contribution is 14.0. The first kappa shape index (κ1) is 23.3. The highest BCUT2D eigenvalue weighted by Crippen LogP contribution is 2.36. The van der Waals surface area contributed by atoms with E-state index >= 15 is 0 Å². The molecule has 0 spiro atoms. The van der Waals surface area contributed by atoms with Crippen LogP contribution in [0.1, 0.15) is 38.5 Å². The summed E-state index contributed by atoms with van der Waals surface area (Å²) in [4.78, 5) is 7.00. The molecule has 0 bridgehead atoms. The van der Waals surface area contributed by atoms with Crippen molar-refractivity contribution in [2.75, 3.05) is 65.0 Å². The SMILES string of the molecule is CN=C(NCCCSC)NCC1(CN2CCOCC2)CCCCC1.I. The molecule has 2 rings (SSSR count). The van der Waals surface area contributed by atoms with E-state index in [4.69, 9.17) is 4.74 Å². The number of morpholine rings is 1. The van der Waals surface area contributed by atoms with Gasteiger partial charge in [0.25, 0.3) is 0 Å². The summed E-state index contributed by atoms with van der Waals surface area (Å²) in [5, 5.41) is 7.08. The predicted molar refractivity (Wildman–Crippen MR) is 121 cm³/mol. The Kier molecular flexibility index (Phi) is 12.5. The number of hydrogen-bond acceptors (Lipinski definition) is 4. The zero-order valence-electron chi connectivity index (χ0n) is 16.0. The molecule has 2 fully saturated rings. The van der Waals surface area contributed by atoms with Crippen LogP contribution in [-0.2, 0) is 4.74 Å². The van der Waals surface area contributed by atoms with Crippen molar-refractivity contribution in [2.24, 2.45) is 10.4 Å². The van der Waals surface area contributed by atoms with Gasteiger partial charge in [0.05, 0.1) is 13.2 Å². The molecule has 0 aromatic heterocycles. The van der Waals surface area contributed by atoms with E-state index in [1.807, 2.05) is 18.8 Å². The lowest BCUT2D eigenvalue weighted by Gasteiger charge is -2.42. The molecule has 0 aromatic rings. The fraction of sp³-hybridized carbons (Fsp3) is 0.944. The first-order valence-electron chi connectivity index (χ1n) is 9.52. The van der Waals surface area contributed by atoms with E-state index in [2.05, 4.69) is 26.8 Å². The molecule has 0 radical (unpaired) electrons. The van der Waals surface area contributed by atoms with E-state index < -0.39 is 0 Å². The van der Waals surface area contributed by atoms with Crippen molar-refractivity contribution in [1.29, 1.82) is 0 Å². The minimum absolute atomic E-state index is 0. The number of nitrogens with one attached hydrogen (secondary N) is 2. The van der Waals surface area contributed by atoms with Crippen LogP contribution in [0.3, 0.4) is 0 Å². The Hall–Kier alpha value is 0.270. The summed E-state index contributed by atoms with van der Waals surface area (Å²) in [6.45, 7) is 7.19. The Morgan fingerprint density at radius 1 is 1.16 bits per heavy atom. The van der Waals surface area contributed by atoms with E-state index in [-0.39, 0.29) is 24.0 Å². The van der Waals surface area contributed by atoms with Gasteiger partial charge in [-0.3, -0.25) is 9.89 Å². The van der Waals surface area contributed by atoms with Gasteiger partial charge in [-0.2, -0.15) is 11.8 Å². The molecule has 0 unspecified atom stereocenters. The highest BCUT2D eigenvalue weighted by atomic mass is 127. The van der Waals surface area contributed by atoms with E-state index in [9.17, 15) is 0 Å². The van der Waals surface area contributed by atoms with Gasteiger partial charge >= 0.3 is 0 Å². The molecule has 25 heavy (non-hydrogen) atoms. The normalized spacial score (nSPS) is 21.4. The van der Waals surface area contributed by atoms with Crippen LogP contribution >= 0.6 is 35.7 Å². The van der Waals surface area contributed by atoms with Crippen molar-refractivity contribution in [1.82, 2.24) is 15.5 Å². The summed E-state index contributed by atoms with van der Waals surface area (Å²) in [5.74, 6) is 2.16. The number of nitrogens with zero attached hydrogens (tertiary/aromatic N) is 2. The van der Waals surface area contributed by atoms with Crippen LogP contribution in [0, 0.1) is 5.41 Å². The zero-order valence-corrected chi connectivity index (χ0v) is 19.2. The van der Waals surface area contributed by atoms with Crippen LogP contribution in [0.15, 0.2) is 4.99 Å². The van der Waals surface area contributed by atoms with Gasteiger partial charge in [0.15, 0.2) is 5.96 Å². The Balaban J connectivity index is 0.00000312. The van der Waals surface area contributed by atoms with Crippen molar-refractivity contribution in [3.63, 3.8) is 0 Å². The quantitative estimate of drug-likeness (QED) is 0.240. The molecule has 1 saturated heterocycles. The molecule has 1 aliphatic carbocycles. The van der Waals surface area contributed by atoms with Gasteiger partial charge < -0.3 is 15.4 Å². The van der Waals surface area contributed by atoms with Crippen molar-refractivity contribution < 1.29 is 4.74 Å². The molecule has 2 N–H and O–H groups in total. The number of hydrogen-bond donors (Lipinski definition) is 2. The molecule has 7 heteroatoms. The predicted octanol–water partition coefficient (Wildman–Crippen LogP) is 2.81. The van der Waals surface area contributed by atoms with E-state index in [0.29, 0.717) is 5.41 Å². The largest absolute Gasteiger partial charge is 0.379 e. The summed E-state index contributed by atoms with van der Waals surface area (Å²) in [5.41, 5.74) is 0.395. The summed E-state index contributed by atoms with van der Waals surface area (Å²) in [6, 6.07) is 0. The number of thioether (sulfide) groups is 1. The Labute approximate surface area is 175 Å². The molecule has 1 saturated carbocycles. The smallest absolute Gasteiger partial charge is 0.190 e. The topological polar surface area (TPSA) is 48.9 Å². The fourth-order valence-corrected chi connectivity index (χ4v) is 4.27. The van der Waals surface area contributed by atoms with Gasteiger partial charge in [-0.25, -0.2) is 0 Å². The standard InChI is InChI=1S/C18H36N4OS.HI/c1-19-17(20-9-6-14-24-2)21-15-18(7-4-3-5-8-18)16-22-10-12-23-13-11-22;/h3-16H2,1-2H3,(H2,19,20,21);1H. The third-order valence-corrected chi connectivity index (χ3v) is 5.95. The maximum absolute atomic E-state index is 5.51. The number of halogens is 1. The van der Waals surface area contributed by atoms with Crippen LogP contribution in [0.2, 0.25) is 0 Å². The third kappa shape index (κ3) is 8.67. The Bertz CT molecular complexity index is 372. The summed E-state index contributed by atoms with van der Waals surface area (Å²) in [7, 11) is 1.87. The van der Waals surface area contributed by atoms with Crippen LogP contribution in [0.4, 0.5) is 0 Å². The van der Waals surface area contributed by atoms with Crippen LogP contribution in [0.25, 0.3) is 0 Å². The zero-order chi connectivity index (χ0) is 17.1. The van der Waals surface area contributed by atoms with Gasteiger partial charge in [-0.15, -0.1) is 24.0 Å². The average molecular weight is 484 g/mol. The minimum Gasteiger partial charge on any atom is -0.379 e. The average Bonchev–Trinajstić information content (AvgIpc) is 2.63. The summed E-state index contributed by atoms with van der Waals surface area (Å²) in [6.07, 6.45) is 10.1. The molecule has 1 heterocycles. The number of ether oxygens (including phenoxy) is 1. The van der Waals surface area contributed by atoms with Crippen LogP contribution in [0.5, 0.6) is 0 Å². The lowest BCUT2D eigenvalue weighted by atomic mass is 9.73. The maximum Gasteiger partial charge on any atom is 0.190 e. The lowest BCUT2D eigenvalue weighted by Crippen LogP contribution is -2.51. The van der Waals surface area contributed by atoms with Gasteiger partial charge in [-0.1, -0.05) is 19.3 Å². The first-order chi connectivity index (χ1) is 11.8. The molecule has 0 amide bonds. The Morgan fingerprint density at radius 2 is 1.88 bits per heavy atom. The maximum atomic E-state index is 5.51. The van der Waals surface area contributed by atoms with Gasteiger partial charge in [0.2, 0.25) is 0 Å². The van der Waals surface area contributed by atoms with E-state index in [0.717, 1.165) is 45.4 Å². The van der Waals surface area contributed by atoms with Crippen molar-refractivity contribution >= 4 is 41.7 Å². The van der Waals surface area contributed by atoms with Crippen LogP contribution < -0.4 is 10.6 Å². The molecule has 148 valence electrons. The number of rotatable bonds is 8. The fourth-order valence-electron chi connectivity index (χ4n) is 3.84. The second kappa shape index (κ2) is 13.4. The minimum atomic E-state index is 0. The summed E-state index contributed by atoms with van der Waals surface area (Å²) >= 11 is 1.90. The van der Waals surface area contributed by atoms with Crippen LogP contribution in [-0.4, -0.2) is 75.9 Å². The van der Waals surface area contributed by atoms with Gasteiger partial charge in [0.1, 0.15) is 0 Å². The summed E-state index contributed by atoms with van der Waals surface area (Å²) < 4.78 is 5.51. The molecule has 5 nitrogen and oxygen atoms in total. The molecule has 1 aliphatic heterocycles. The second-order valence-electron chi connectivity index (χ2n) is 7.15. The first-order valence-corrected chi connectivity index (χ1v) is 10.9.